The van der Waals surface area contributed by atoms with E-state index in [0.29, 0.717) is 13.0 Å². The smallest absolute Gasteiger partial charge is 0.133 e. The van der Waals surface area contributed by atoms with Crippen LogP contribution in [0.1, 0.15) is 5.56 Å². The van der Waals surface area contributed by atoms with Crippen molar-refractivity contribution in [1.82, 2.24) is 0 Å². The highest BCUT2D eigenvalue weighted by molar-refractivity contribution is 5.85. The fourth-order valence-corrected chi connectivity index (χ4v) is 2.87. The van der Waals surface area contributed by atoms with Gasteiger partial charge in [-0.25, -0.2) is 4.39 Å². The second kappa shape index (κ2) is 4.60. The third kappa shape index (κ3) is 1.99. The molecule has 2 heterocycles. The van der Waals surface area contributed by atoms with Gasteiger partial charge in [-0.05, 0) is 35.9 Å². The van der Waals surface area contributed by atoms with Gasteiger partial charge in [-0.15, -0.1) is 0 Å². The van der Waals surface area contributed by atoms with E-state index in [1.54, 1.807) is 6.26 Å². The van der Waals surface area contributed by atoms with Gasteiger partial charge in [0.05, 0.1) is 6.26 Å². The van der Waals surface area contributed by atoms with E-state index < -0.39 is 0 Å². The molecule has 1 atom stereocenters. The van der Waals surface area contributed by atoms with E-state index >= 15 is 0 Å². The molecule has 0 unspecified atom stereocenters. The monoisotopic (exact) mass is 283 g/mol. The number of nitrogens with two attached hydrogens (primary N) is 1. The van der Waals surface area contributed by atoms with Crippen molar-refractivity contribution in [2.75, 3.05) is 6.54 Å². The van der Waals surface area contributed by atoms with Gasteiger partial charge in [0.25, 0.3) is 0 Å². The molecule has 0 spiro atoms. The van der Waals surface area contributed by atoms with Crippen LogP contribution in [-0.2, 0) is 6.42 Å². The van der Waals surface area contributed by atoms with Gasteiger partial charge in [0.1, 0.15) is 23.3 Å². The lowest BCUT2D eigenvalue weighted by atomic mass is 9.99. The number of ether oxygens (including phenoxy) is 1. The normalized spacial score (nSPS) is 17.0. The molecule has 2 aromatic carbocycles. The molecule has 1 aliphatic rings. The van der Waals surface area contributed by atoms with E-state index in [9.17, 15) is 4.39 Å². The first kappa shape index (κ1) is 12.4. The quantitative estimate of drug-likeness (QED) is 0.783. The first-order valence-corrected chi connectivity index (χ1v) is 6.91. The van der Waals surface area contributed by atoms with Gasteiger partial charge in [-0.3, -0.25) is 0 Å². The molecule has 3 nitrogen and oxygen atoms in total. The predicted octanol–water partition coefficient (Wildman–Crippen LogP) is 3.50. The Morgan fingerprint density at radius 1 is 1.19 bits per heavy atom. The Hall–Kier alpha value is -2.33. The summed E-state index contributed by atoms with van der Waals surface area (Å²) in [6.07, 6.45) is 2.23. The minimum Gasteiger partial charge on any atom is -0.488 e. The van der Waals surface area contributed by atoms with Crippen LogP contribution in [0.2, 0.25) is 0 Å². The fourth-order valence-electron chi connectivity index (χ4n) is 2.87. The molecule has 0 aliphatic carbocycles. The van der Waals surface area contributed by atoms with Crippen LogP contribution in [-0.4, -0.2) is 12.6 Å². The van der Waals surface area contributed by atoms with Gasteiger partial charge in [-0.1, -0.05) is 6.07 Å². The first-order chi connectivity index (χ1) is 10.2. The zero-order valence-corrected chi connectivity index (χ0v) is 11.3. The third-order valence-electron chi connectivity index (χ3n) is 3.89. The van der Waals surface area contributed by atoms with Crippen LogP contribution in [0.5, 0.6) is 5.75 Å². The lowest BCUT2D eigenvalue weighted by Crippen LogP contribution is -2.24. The van der Waals surface area contributed by atoms with Crippen molar-refractivity contribution in [2.24, 2.45) is 5.73 Å². The SMILES string of the molecule is NC[C@H]1Cc2cc(F)cc(-c3ccc4occc4c3)c2O1. The Balaban J connectivity index is 1.88. The number of hydrogen-bond acceptors (Lipinski definition) is 3. The maximum absolute atomic E-state index is 13.9. The topological polar surface area (TPSA) is 48.4 Å². The van der Waals surface area contributed by atoms with Crippen molar-refractivity contribution in [2.45, 2.75) is 12.5 Å². The second-order valence-electron chi connectivity index (χ2n) is 5.29. The molecule has 0 fully saturated rings. The molecular formula is C17H14FNO2. The number of rotatable bonds is 2. The highest BCUT2D eigenvalue weighted by Crippen LogP contribution is 2.40. The van der Waals surface area contributed by atoms with E-state index in [2.05, 4.69) is 0 Å². The Kier molecular flexibility index (Phi) is 2.72. The summed E-state index contributed by atoms with van der Waals surface area (Å²) < 4.78 is 25.1. The van der Waals surface area contributed by atoms with Crippen LogP contribution in [0.15, 0.2) is 47.1 Å². The van der Waals surface area contributed by atoms with Crippen LogP contribution >= 0.6 is 0 Å². The number of benzene rings is 2. The summed E-state index contributed by atoms with van der Waals surface area (Å²) in [7, 11) is 0. The van der Waals surface area contributed by atoms with Crippen LogP contribution in [0.25, 0.3) is 22.1 Å². The lowest BCUT2D eigenvalue weighted by Gasteiger charge is -2.11. The molecule has 21 heavy (non-hydrogen) atoms. The molecule has 4 rings (SSSR count). The van der Waals surface area contributed by atoms with Crippen LogP contribution in [0, 0.1) is 5.82 Å². The highest BCUT2D eigenvalue weighted by atomic mass is 19.1. The van der Waals surface area contributed by atoms with Crippen molar-refractivity contribution in [3.8, 4) is 16.9 Å². The van der Waals surface area contributed by atoms with Crippen LogP contribution in [0.4, 0.5) is 4.39 Å². The van der Waals surface area contributed by atoms with E-state index in [4.69, 9.17) is 14.9 Å². The Bertz CT molecular complexity index is 825. The van der Waals surface area contributed by atoms with E-state index in [1.165, 1.54) is 12.1 Å². The molecule has 1 aliphatic heterocycles. The molecule has 0 radical (unpaired) electrons. The number of furan rings is 1. The zero-order valence-electron chi connectivity index (χ0n) is 11.3. The predicted molar refractivity (Wildman–Crippen MR) is 78.8 cm³/mol. The number of halogens is 1. The summed E-state index contributed by atoms with van der Waals surface area (Å²) in [6.45, 7) is 0.427. The van der Waals surface area contributed by atoms with Crippen molar-refractivity contribution in [1.29, 1.82) is 0 Å². The standard InChI is InChI=1S/C17H14FNO2/c18-13-6-12-7-14(9-19)21-17(12)15(8-13)10-1-2-16-11(5-10)3-4-20-16/h1-6,8,14H,7,9,19H2/t14-/m1/s1. The van der Waals surface area contributed by atoms with Gasteiger partial charge < -0.3 is 14.9 Å². The molecular weight excluding hydrogens is 269 g/mol. The molecule has 0 bridgehead atoms. The van der Waals surface area contributed by atoms with Gasteiger partial charge in [0.2, 0.25) is 0 Å². The number of hydrogen-bond donors (Lipinski definition) is 1. The molecule has 2 N–H and O–H groups in total. The minimum absolute atomic E-state index is 0.0711. The molecule has 1 aromatic heterocycles. The fraction of sp³-hybridized carbons (Fsp3) is 0.176. The van der Waals surface area contributed by atoms with Gasteiger partial charge in [0.15, 0.2) is 0 Å². The van der Waals surface area contributed by atoms with Gasteiger partial charge in [-0.2, -0.15) is 0 Å². The summed E-state index contributed by atoms with van der Waals surface area (Å²) in [5, 5.41) is 0.985. The largest absolute Gasteiger partial charge is 0.488 e. The van der Waals surface area contributed by atoms with Crippen molar-refractivity contribution in [3.63, 3.8) is 0 Å². The second-order valence-corrected chi connectivity index (χ2v) is 5.29. The maximum atomic E-state index is 13.9. The van der Waals surface area contributed by atoms with Crippen molar-refractivity contribution >= 4 is 11.0 Å². The summed E-state index contributed by atoms with van der Waals surface area (Å²) in [5.74, 6) is 0.493. The summed E-state index contributed by atoms with van der Waals surface area (Å²) in [4.78, 5) is 0. The first-order valence-electron chi connectivity index (χ1n) is 6.91. The number of fused-ring (bicyclic) bond motifs is 2. The average molecular weight is 283 g/mol. The molecule has 0 saturated carbocycles. The van der Waals surface area contributed by atoms with E-state index in [1.807, 2.05) is 24.3 Å². The molecule has 0 saturated heterocycles. The van der Waals surface area contributed by atoms with E-state index in [0.717, 1.165) is 33.4 Å². The molecule has 3 aromatic rings. The van der Waals surface area contributed by atoms with Crippen molar-refractivity contribution < 1.29 is 13.5 Å². The third-order valence-corrected chi connectivity index (χ3v) is 3.89. The lowest BCUT2D eigenvalue weighted by molar-refractivity contribution is 0.242. The van der Waals surface area contributed by atoms with Crippen LogP contribution < -0.4 is 10.5 Å². The molecule has 106 valence electrons. The Labute approximate surface area is 121 Å². The molecule has 0 amide bonds. The Morgan fingerprint density at radius 2 is 2.10 bits per heavy atom. The minimum atomic E-state index is -0.252. The average Bonchev–Trinajstić information content (AvgIpc) is 3.11. The van der Waals surface area contributed by atoms with Crippen molar-refractivity contribution in [3.05, 3.63) is 54.0 Å². The summed E-state index contributed by atoms with van der Waals surface area (Å²) in [6, 6.07) is 10.7. The molecule has 4 heteroatoms. The van der Waals surface area contributed by atoms with E-state index in [-0.39, 0.29) is 11.9 Å². The van der Waals surface area contributed by atoms with Gasteiger partial charge >= 0.3 is 0 Å². The van der Waals surface area contributed by atoms with Crippen LogP contribution in [0.3, 0.4) is 0 Å². The maximum Gasteiger partial charge on any atom is 0.133 e. The summed E-state index contributed by atoms with van der Waals surface area (Å²) >= 11 is 0. The zero-order chi connectivity index (χ0) is 14.4. The summed E-state index contributed by atoms with van der Waals surface area (Å²) in [5.41, 5.74) is 9.05. The van der Waals surface area contributed by atoms with Gasteiger partial charge in [0, 0.05) is 29.5 Å². The Morgan fingerprint density at radius 3 is 2.95 bits per heavy atom. The highest BCUT2D eigenvalue weighted by Gasteiger charge is 2.26.